The third-order valence-electron chi connectivity index (χ3n) is 5.08. The van der Waals surface area contributed by atoms with Gasteiger partial charge in [-0.2, -0.15) is 4.99 Å². The molecule has 140 valence electrons. The molecule has 1 nitrogen and oxygen atoms in total. The molecule has 1 saturated carbocycles. The van der Waals surface area contributed by atoms with Gasteiger partial charge in [0.25, 0.3) is 0 Å². The van der Waals surface area contributed by atoms with Gasteiger partial charge in [-0.1, -0.05) is 31.6 Å². The van der Waals surface area contributed by atoms with Crippen molar-refractivity contribution in [2.45, 2.75) is 51.4 Å². The first kappa shape index (κ1) is 19.9. The Morgan fingerprint density at radius 2 is 1.81 bits per heavy atom. The smallest absolute Gasteiger partial charge is 0.153 e. The zero-order valence-corrected chi connectivity index (χ0v) is 16.9. The molecule has 0 N–H and O–H groups in total. The van der Waals surface area contributed by atoms with Gasteiger partial charge in [-0.15, -0.1) is 11.3 Å². The van der Waals surface area contributed by atoms with Crippen molar-refractivity contribution in [1.29, 1.82) is 0 Å². The standard InChI is InChI=1S/C22H21F2NS2/c1-2-3-15-4-7-17(8-5-15)21-11-10-18(27-21)9-6-16-12-19(23)22(25-14-26)20(24)13-16/h10-13,15,17H,2-5,7-8H2,1H3. The Balaban J connectivity index is 1.70. The first-order valence-corrected chi connectivity index (χ1v) is 10.5. The molecule has 1 heterocycles. The molecule has 1 aliphatic rings. The lowest BCUT2D eigenvalue weighted by molar-refractivity contribution is 0.310. The van der Waals surface area contributed by atoms with Crippen molar-refractivity contribution in [2.24, 2.45) is 10.9 Å². The predicted octanol–water partition coefficient (Wildman–Crippen LogP) is 7.23. The van der Waals surface area contributed by atoms with Crippen LogP contribution in [-0.4, -0.2) is 5.16 Å². The molecule has 27 heavy (non-hydrogen) atoms. The molecule has 1 aromatic heterocycles. The van der Waals surface area contributed by atoms with Crippen LogP contribution in [0, 0.1) is 29.4 Å². The lowest BCUT2D eigenvalue weighted by Gasteiger charge is -2.27. The van der Waals surface area contributed by atoms with E-state index in [9.17, 15) is 8.78 Å². The van der Waals surface area contributed by atoms with Crippen LogP contribution in [-0.2, 0) is 0 Å². The summed E-state index contributed by atoms with van der Waals surface area (Å²) in [5.41, 5.74) is -0.143. The maximum absolute atomic E-state index is 13.9. The summed E-state index contributed by atoms with van der Waals surface area (Å²) in [6.45, 7) is 2.26. The minimum atomic E-state index is -0.785. The maximum Gasteiger partial charge on any atom is 0.153 e. The number of nitrogens with zero attached hydrogens (tertiary/aromatic N) is 1. The number of isothiocyanates is 1. The van der Waals surface area contributed by atoms with Gasteiger partial charge in [0, 0.05) is 10.4 Å². The van der Waals surface area contributed by atoms with E-state index in [4.69, 9.17) is 0 Å². The first-order valence-electron chi connectivity index (χ1n) is 9.29. The number of hydrogen-bond acceptors (Lipinski definition) is 3. The molecule has 0 unspecified atom stereocenters. The molecule has 2 aromatic rings. The summed E-state index contributed by atoms with van der Waals surface area (Å²) in [7, 11) is 0. The second kappa shape index (κ2) is 9.37. The van der Waals surface area contributed by atoms with Crippen LogP contribution in [0.15, 0.2) is 29.3 Å². The van der Waals surface area contributed by atoms with Gasteiger partial charge < -0.3 is 0 Å². The zero-order chi connectivity index (χ0) is 19.2. The van der Waals surface area contributed by atoms with Crippen molar-refractivity contribution < 1.29 is 8.78 Å². The van der Waals surface area contributed by atoms with Crippen molar-refractivity contribution in [2.75, 3.05) is 0 Å². The third-order valence-corrected chi connectivity index (χ3v) is 6.33. The summed E-state index contributed by atoms with van der Waals surface area (Å²) >= 11 is 6.09. The number of thiocarbonyl (C=S) groups is 1. The molecule has 3 rings (SSSR count). The van der Waals surface area contributed by atoms with E-state index in [1.54, 1.807) is 11.3 Å². The SMILES string of the molecule is CCCC1CCC(c2ccc(C#Cc3cc(F)c(N=C=S)c(F)c3)s2)CC1. The molecule has 0 amide bonds. The van der Waals surface area contributed by atoms with Crippen LogP contribution in [0.2, 0.25) is 0 Å². The fourth-order valence-electron chi connectivity index (χ4n) is 3.71. The van der Waals surface area contributed by atoms with Crippen LogP contribution in [0.1, 0.15) is 66.7 Å². The third kappa shape index (κ3) is 5.11. The summed E-state index contributed by atoms with van der Waals surface area (Å²) in [4.78, 5) is 5.70. The topological polar surface area (TPSA) is 12.4 Å². The van der Waals surface area contributed by atoms with Gasteiger partial charge in [-0.25, -0.2) is 8.78 Å². The maximum atomic E-state index is 13.9. The highest BCUT2D eigenvalue weighted by molar-refractivity contribution is 7.78. The molecule has 1 aromatic carbocycles. The first-order chi connectivity index (χ1) is 13.1. The molecule has 0 aliphatic heterocycles. The number of halogens is 2. The van der Waals surface area contributed by atoms with Crippen LogP contribution in [0.25, 0.3) is 0 Å². The van der Waals surface area contributed by atoms with Crippen molar-refractivity contribution in [3.8, 4) is 11.8 Å². The van der Waals surface area contributed by atoms with Crippen molar-refractivity contribution in [3.63, 3.8) is 0 Å². The van der Waals surface area contributed by atoms with Gasteiger partial charge >= 0.3 is 0 Å². The van der Waals surface area contributed by atoms with Crippen LogP contribution >= 0.6 is 23.6 Å². The molecule has 0 atom stereocenters. The lowest BCUT2D eigenvalue weighted by atomic mass is 9.79. The van der Waals surface area contributed by atoms with Crippen LogP contribution in [0.5, 0.6) is 0 Å². The predicted molar refractivity (Wildman–Crippen MR) is 111 cm³/mol. The Morgan fingerprint density at radius 3 is 2.44 bits per heavy atom. The van der Waals surface area contributed by atoms with Crippen molar-refractivity contribution >= 4 is 34.4 Å². The summed E-state index contributed by atoms with van der Waals surface area (Å²) in [5, 5.41) is 1.98. The Kier molecular flexibility index (Phi) is 6.90. The van der Waals surface area contributed by atoms with E-state index in [0.717, 1.165) is 10.8 Å². The van der Waals surface area contributed by atoms with Crippen molar-refractivity contribution in [3.05, 3.63) is 51.2 Å². The van der Waals surface area contributed by atoms with Gasteiger partial charge in [0.05, 0.1) is 10.0 Å². The second-order valence-electron chi connectivity index (χ2n) is 6.95. The molecule has 0 saturated heterocycles. The average molecular weight is 402 g/mol. The van der Waals surface area contributed by atoms with Crippen LogP contribution in [0.4, 0.5) is 14.5 Å². The number of rotatable bonds is 4. The number of benzene rings is 1. The normalized spacial score (nSPS) is 19.1. The minimum absolute atomic E-state index is 0.281. The van der Waals surface area contributed by atoms with Gasteiger partial charge in [-0.3, -0.25) is 0 Å². The summed E-state index contributed by atoms with van der Waals surface area (Å²) in [5.74, 6) is 5.81. The van der Waals surface area contributed by atoms with Gasteiger partial charge in [0.15, 0.2) is 11.6 Å². The van der Waals surface area contributed by atoms with E-state index >= 15 is 0 Å². The Morgan fingerprint density at radius 1 is 1.11 bits per heavy atom. The molecule has 1 aliphatic carbocycles. The zero-order valence-electron chi connectivity index (χ0n) is 15.2. The Hall–Kier alpha value is -1.86. The number of thiophene rings is 1. The highest BCUT2D eigenvalue weighted by Gasteiger charge is 2.22. The van der Waals surface area contributed by atoms with Crippen LogP contribution < -0.4 is 0 Å². The molecular formula is C22H21F2NS2. The fraction of sp³-hybridized carbons (Fsp3) is 0.409. The quantitative estimate of drug-likeness (QED) is 0.299. The second-order valence-corrected chi connectivity index (χ2v) is 8.25. The molecule has 0 bridgehead atoms. The largest absolute Gasteiger partial charge is 0.204 e. The lowest BCUT2D eigenvalue weighted by Crippen LogP contribution is -2.12. The summed E-state index contributed by atoms with van der Waals surface area (Å²) in [6.07, 6.45) is 7.73. The summed E-state index contributed by atoms with van der Waals surface area (Å²) in [6, 6.07) is 6.50. The van der Waals surface area contributed by atoms with E-state index in [1.165, 1.54) is 55.5 Å². The van der Waals surface area contributed by atoms with Crippen molar-refractivity contribution in [1.82, 2.24) is 0 Å². The molecular weight excluding hydrogens is 380 g/mol. The van der Waals surface area contributed by atoms with E-state index in [0.29, 0.717) is 5.92 Å². The van der Waals surface area contributed by atoms with Crippen LogP contribution in [0.3, 0.4) is 0 Å². The Bertz CT molecular complexity index is 885. The molecule has 0 radical (unpaired) electrons. The Labute approximate surface area is 168 Å². The van der Waals surface area contributed by atoms with E-state index in [-0.39, 0.29) is 5.56 Å². The molecule has 1 fully saturated rings. The highest BCUT2D eigenvalue weighted by atomic mass is 32.1. The molecule has 0 spiro atoms. The minimum Gasteiger partial charge on any atom is -0.204 e. The number of hydrogen-bond donors (Lipinski definition) is 0. The van der Waals surface area contributed by atoms with Gasteiger partial charge in [0.2, 0.25) is 0 Å². The molecule has 5 heteroatoms. The number of aliphatic imine (C=N–C) groups is 1. The van der Waals surface area contributed by atoms with E-state index in [2.05, 4.69) is 42.0 Å². The monoisotopic (exact) mass is 401 g/mol. The fourth-order valence-corrected chi connectivity index (χ4v) is 4.83. The van der Waals surface area contributed by atoms with Gasteiger partial charge in [0.1, 0.15) is 5.69 Å². The highest BCUT2D eigenvalue weighted by Crippen LogP contribution is 2.39. The average Bonchev–Trinajstić information content (AvgIpc) is 3.13. The summed E-state index contributed by atoms with van der Waals surface area (Å²) < 4.78 is 27.7. The van der Waals surface area contributed by atoms with E-state index < -0.39 is 17.3 Å². The van der Waals surface area contributed by atoms with E-state index in [1.807, 2.05) is 11.2 Å². The van der Waals surface area contributed by atoms with Gasteiger partial charge in [-0.05, 0) is 74.0 Å².